The molecule has 0 saturated carbocycles. The van der Waals surface area contributed by atoms with Gasteiger partial charge in [0.05, 0.1) is 19.5 Å². The summed E-state index contributed by atoms with van der Waals surface area (Å²) in [5.74, 6) is 0.347. The van der Waals surface area contributed by atoms with E-state index >= 15 is 0 Å². The fourth-order valence-corrected chi connectivity index (χ4v) is 2.93. The molecular weight excluding hydrogens is 348 g/mol. The van der Waals surface area contributed by atoms with Gasteiger partial charge in [-0.3, -0.25) is 4.79 Å². The summed E-state index contributed by atoms with van der Waals surface area (Å²) in [7, 11) is 0. The molecule has 0 aliphatic carbocycles. The summed E-state index contributed by atoms with van der Waals surface area (Å²) in [6.07, 6.45) is 6.50. The number of benzene rings is 1. The number of rotatable bonds is 10. The fraction of sp³-hybridized carbons (Fsp3) is 0.429. The molecule has 0 aliphatic rings. The van der Waals surface area contributed by atoms with Crippen LogP contribution in [0.4, 0.5) is 0 Å². The highest BCUT2D eigenvalue weighted by molar-refractivity contribution is 5.99. The Morgan fingerprint density at radius 1 is 1.00 bits per heavy atom. The SMILES string of the molecule is CCCC(=O)OCCCCCCOc1c2occc2cc2ccc(=O)oc12. The summed E-state index contributed by atoms with van der Waals surface area (Å²) in [5.41, 5.74) is 0.573. The first-order valence-electron chi connectivity index (χ1n) is 9.41. The van der Waals surface area contributed by atoms with Crippen molar-refractivity contribution in [2.45, 2.75) is 45.4 Å². The van der Waals surface area contributed by atoms with Crippen LogP contribution >= 0.6 is 0 Å². The van der Waals surface area contributed by atoms with Gasteiger partial charge in [-0.15, -0.1) is 0 Å². The van der Waals surface area contributed by atoms with E-state index < -0.39 is 5.63 Å². The molecule has 0 radical (unpaired) electrons. The van der Waals surface area contributed by atoms with Gasteiger partial charge in [0.15, 0.2) is 11.2 Å². The van der Waals surface area contributed by atoms with Crippen LogP contribution in [0, 0.1) is 0 Å². The van der Waals surface area contributed by atoms with E-state index in [1.54, 1.807) is 12.3 Å². The lowest BCUT2D eigenvalue weighted by atomic mass is 10.1. The minimum absolute atomic E-state index is 0.124. The zero-order valence-electron chi connectivity index (χ0n) is 15.5. The normalized spacial score (nSPS) is 11.1. The zero-order valence-corrected chi connectivity index (χ0v) is 15.5. The first-order chi connectivity index (χ1) is 13.2. The number of furan rings is 1. The van der Waals surface area contributed by atoms with Gasteiger partial charge in [-0.2, -0.15) is 0 Å². The van der Waals surface area contributed by atoms with E-state index in [4.69, 9.17) is 18.3 Å². The van der Waals surface area contributed by atoms with Crippen molar-refractivity contribution >= 4 is 27.9 Å². The van der Waals surface area contributed by atoms with Crippen LogP contribution in [0.2, 0.25) is 0 Å². The summed E-state index contributed by atoms with van der Waals surface area (Å²) in [6.45, 7) is 2.92. The second-order valence-electron chi connectivity index (χ2n) is 6.45. The van der Waals surface area contributed by atoms with E-state index in [9.17, 15) is 9.59 Å². The third-order valence-corrected chi connectivity index (χ3v) is 4.29. The van der Waals surface area contributed by atoms with Crippen LogP contribution in [0.25, 0.3) is 21.9 Å². The molecule has 3 rings (SSSR count). The molecule has 2 heterocycles. The van der Waals surface area contributed by atoms with E-state index in [1.807, 2.05) is 19.1 Å². The molecule has 0 atom stereocenters. The standard InChI is InChI=1S/C21H24O6/c1-2-7-17(22)24-11-5-3-4-6-12-25-21-19-16(10-13-26-19)14-15-8-9-18(23)27-20(15)21/h8-10,13-14H,2-7,11-12H2,1H3. The van der Waals surface area contributed by atoms with Crippen molar-refractivity contribution in [1.29, 1.82) is 0 Å². The van der Waals surface area contributed by atoms with Gasteiger partial charge in [-0.05, 0) is 50.3 Å². The predicted molar refractivity (Wildman–Crippen MR) is 102 cm³/mol. The molecule has 0 bridgehead atoms. The summed E-state index contributed by atoms with van der Waals surface area (Å²) < 4.78 is 21.9. The molecule has 2 aromatic heterocycles. The molecule has 1 aromatic carbocycles. The maximum atomic E-state index is 11.6. The number of ether oxygens (including phenoxy) is 2. The molecule has 0 saturated heterocycles. The van der Waals surface area contributed by atoms with Crippen LogP contribution in [-0.4, -0.2) is 19.2 Å². The van der Waals surface area contributed by atoms with E-state index in [1.165, 1.54) is 6.07 Å². The first-order valence-corrected chi connectivity index (χ1v) is 9.41. The number of fused-ring (bicyclic) bond motifs is 2. The quantitative estimate of drug-likeness (QED) is 0.288. The fourth-order valence-electron chi connectivity index (χ4n) is 2.93. The summed E-state index contributed by atoms with van der Waals surface area (Å²) >= 11 is 0. The molecule has 3 aromatic rings. The van der Waals surface area contributed by atoms with Crippen LogP contribution < -0.4 is 10.4 Å². The Morgan fingerprint density at radius 2 is 1.78 bits per heavy atom. The highest BCUT2D eigenvalue weighted by Crippen LogP contribution is 2.35. The Balaban J connectivity index is 1.51. The lowest BCUT2D eigenvalue weighted by molar-refractivity contribution is -0.143. The van der Waals surface area contributed by atoms with Crippen LogP contribution in [0.3, 0.4) is 0 Å². The number of hydrogen-bond donors (Lipinski definition) is 0. The van der Waals surface area contributed by atoms with Gasteiger partial charge >= 0.3 is 11.6 Å². The van der Waals surface area contributed by atoms with Crippen molar-refractivity contribution in [1.82, 2.24) is 0 Å². The van der Waals surface area contributed by atoms with Crippen molar-refractivity contribution in [3.05, 3.63) is 40.9 Å². The second kappa shape index (κ2) is 9.26. The number of esters is 1. The van der Waals surface area contributed by atoms with Gasteiger partial charge in [0.25, 0.3) is 0 Å². The molecule has 0 amide bonds. The molecule has 6 heteroatoms. The van der Waals surface area contributed by atoms with Crippen molar-refractivity contribution < 1.29 is 23.1 Å². The van der Waals surface area contributed by atoms with E-state index in [-0.39, 0.29) is 5.97 Å². The average Bonchev–Trinajstić information content (AvgIpc) is 3.12. The van der Waals surface area contributed by atoms with Crippen LogP contribution in [0.1, 0.15) is 45.4 Å². The topological polar surface area (TPSA) is 78.9 Å². The third kappa shape index (κ3) is 4.90. The molecule has 6 nitrogen and oxygen atoms in total. The van der Waals surface area contributed by atoms with Gasteiger partial charge in [0.1, 0.15) is 0 Å². The number of hydrogen-bond acceptors (Lipinski definition) is 6. The summed E-state index contributed by atoms with van der Waals surface area (Å²) in [4.78, 5) is 22.9. The van der Waals surface area contributed by atoms with Gasteiger partial charge < -0.3 is 18.3 Å². The van der Waals surface area contributed by atoms with Gasteiger partial charge in [-0.25, -0.2) is 4.79 Å². The van der Waals surface area contributed by atoms with E-state index in [0.29, 0.717) is 36.6 Å². The van der Waals surface area contributed by atoms with Crippen LogP contribution in [0.5, 0.6) is 5.75 Å². The maximum absolute atomic E-state index is 11.6. The van der Waals surface area contributed by atoms with Gasteiger partial charge in [0, 0.05) is 23.3 Å². The second-order valence-corrected chi connectivity index (χ2v) is 6.45. The molecule has 0 unspecified atom stereocenters. The lowest BCUT2D eigenvalue weighted by Gasteiger charge is -2.09. The van der Waals surface area contributed by atoms with Crippen molar-refractivity contribution in [3.63, 3.8) is 0 Å². The number of carbonyl (C=O) groups excluding carboxylic acids is 1. The van der Waals surface area contributed by atoms with Gasteiger partial charge in [0.2, 0.25) is 5.75 Å². The van der Waals surface area contributed by atoms with Crippen molar-refractivity contribution in [2.24, 2.45) is 0 Å². The molecule has 144 valence electrons. The first kappa shape index (κ1) is 19.0. The third-order valence-electron chi connectivity index (χ3n) is 4.29. The lowest BCUT2D eigenvalue weighted by Crippen LogP contribution is -2.05. The Hall–Kier alpha value is -2.76. The Morgan fingerprint density at radius 3 is 2.59 bits per heavy atom. The maximum Gasteiger partial charge on any atom is 0.336 e. The average molecular weight is 372 g/mol. The zero-order chi connectivity index (χ0) is 19.1. The minimum Gasteiger partial charge on any atom is -0.486 e. The molecule has 0 aliphatic heterocycles. The predicted octanol–water partition coefficient (Wildman–Crippen LogP) is 4.82. The highest BCUT2D eigenvalue weighted by Gasteiger charge is 2.14. The van der Waals surface area contributed by atoms with E-state index in [2.05, 4.69) is 0 Å². The highest BCUT2D eigenvalue weighted by atomic mass is 16.5. The number of unbranched alkanes of at least 4 members (excludes halogenated alkanes) is 3. The van der Waals surface area contributed by atoms with Crippen LogP contribution in [0.15, 0.2) is 44.2 Å². The van der Waals surface area contributed by atoms with Crippen molar-refractivity contribution in [3.8, 4) is 5.75 Å². The summed E-state index contributed by atoms with van der Waals surface area (Å²) in [6, 6.07) is 6.88. The Kier molecular flexibility index (Phi) is 6.52. The monoisotopic (exact) mass is 372 g/mol. The summed E-state index contributed by atoms with van der Waals surface area (Å²) in [5, 5.41) is 1.70. The van der Waals surface area contributed by atoms with Crippen LogP contribution in [-0.2, 0) is 9.53 Å². The number of carbonyl (C=O) groups is 1. The Labute approximate surface area is 157 Å². The molecule has 0 fully saturated rings. The largest absolute Gasteiger partial charge is 0.486 e. The molecule has 27 heavy (non-hydrogen) atoms. The molecule has 0 N–H and O–H groups in total. The molecular formula is C21H24O6. The smallest absolute Gasteiger partial charge is 0.336 e. The van der Waals surface area contributed by atoms with Gasteiger partial charge in [-0.1, -0.05) is 6.92 Å². The minimum atomic E-state index is -0.420. The Bertz CT molecular complexity index is 952. The van der Waals surface area contributed by atoms with E-state index in [0.717, 1.165) is 42.9 Å². The molecule has 0 spiro atoms. The van der Waals surface area contributed by atoms with Crippen molar-refractivity contribution in [2.75, 3.05) is 13.2 Å².